The van der Waals surface area contributed by atoms with Crippen LogP contribution in [0.15, 0.2) is 42.5 Å². The number of rotatable bonds is 1. The molecule has 0 spiro atoms. The van der Waals surface area contributed by atoms with Crippen LogP contribution in [-0.2, 0) is 13.0 Å². The van der Waals surface area contributed by atoms with Crippen molar-refractivity contribution in [3.63, 3.8) is 0 Å². The van der Waals surface area contributed by atoms with Crippen LogP contribution in [0.1, 0.15) is 11.3 Å². The van der Waals surface area contributed by atoms with Gasteiger partial charge in [0.15, 0.2) is 0 Å². The first-order valence-corrected chi connectivity index (χ1v) is 7.70. The van der Waals surface area contributed by atoms with E-state index in [9.17, 15) is 13.6 Å². The molecule has 0 aliphatic carbocycles. The Hall–Kier alpha value is -2.89. The Morgan fingerprint density at radius 2 is 1.96 bits per heavy atom. The number of urea groups is 1. The highest BCUT2D eigenvalue weighted by molar-refractivity contribution is 5.91. The molecular formula is C18H15F2N3O. The molecule has 0 unspecified atom stereocenters. The highest BCUT2D eigenvalue weighted by atomic mass is 19.1. The predicted octanol–water partition coefficient (Wildman–Crippen LogP) is 4.04. The van der Waals surface area contributed by atoms with Crippen molar-refractivity contribution in [3.8, 4) is 0 Å². The predicted molar refractivity (Wildman–Crippen MR) is 87.8 cm³/mol. The summed E-state index contributed by atoms with van der Waals surface area (Å²) in [5.41, 5.74) is 3.25. The standard InChI is InChI=1S/C18H15F2N3O/c19-11-2-1-3-13(8-11)21-18(24)23-7-6-17-15(10-23)14-9-12(20)4-5-16(14)22-17/h1-5,8-9,22H,6-7,10H2,(H,21,24). The molecule has 3 aromatic rings. The molecule has 0 bridgehead atoms. The molecule has 6 heteroatoms. The van der Waals surface area contributed by atoms with Crippen LogP contribution < -0.4 is 5.32 Å². The highest BCUT2D eigenvalue weighted by Gasteiger charge is 2.24. The average Bonchev–Trinajstić information content (AvgIpc) is 2.92. The lowest BCUT2D eigenvalue weighted by Crippen LogP contribution is -2.38. The molecular weight excluding hydrogens is 312 g/mol. The summed E-state index contributed by atoms with van der Waals surface area (Å²) in [5.74, 6) is -0.702. The monoisotopic (exact) mass is 327 g/mol. The zero-order valence-electron chi connectivity index (χ0n) is 12.8. The Bertz CT molecular complexity index is 935. The number of halogens is 2. The van der Waals surface area contributed by atoms with Crippen LogP contribution >= 0.6 is 0 Å². The number of hydrogen-bond acceptors (Lipinski definition) is 1. The number of carbonyl (C=O) groups is 1. The summed E-state index contributed by atoms with van der Waals surface area (Å²) < 4.78 is 26.7. The summed E-state index contributed by atoms with van der Waals surface area (Å²) in [4.78, 5) is 17.4. The summed E-state index contributed by atoms with van der Waals surface area (Å²) in [7, 11) is 0. The number of hydrogen-bond donors (Lipinski definition) is 2. The van der Waals surface area contributed by atoms with Crippen molar-refractivity contribution in [2.75, 3.05) is 11.9 Å². The van der Waals surface area contributed by atoms with Gasteiger partial charge in [-0.1, -0.05) is 6.07 Å². The molecule has 2 N–H and O–H groups in total. The van der Waals surface area contributed by atoms with Gasteiger partial charge in [0.25, 0.3) is 0 Å². The number of fused-ring (bicyclic) bond motifs is 3. The van der Waals surface area contributed by atoms with Crippen molar-refractivity contribution in [1.82, 2.24) is 9.88 Å². The summed E-state index contributed by atoms with van der Waals surface area (Å²) in [6.07, 6.45) is 0.669. The van der Waals surface area contributed by atoms with Gasteiger partial charge in [-0.25, -0.2) is 13.6 Å². The molecule has 24 heavy (non-hydrogen) atoms. The van der Waals surface area contributed by atoms with E-state index in [4.69, 9.17) is 0 Å². The van der Waals surface area contributed by atoms with E-state index in [1.165, 1.54) is 24.3 Å². The van der Waals surface area contributed by atoms with Crippen LogP contribution in [0.25, 0.3) is 10.9 Å². The molecule has 0 fully saturated rings. The molecule has 0 radical (unpaired) electrons. The van der Waals surface area contributed by atoms with Crippen molar-refractivity contribution in [3.05, 3.63) is 65.4 Å². The van der Waals surface area contributed by atoms with Crippen LogP contribution in [-0.4, -0.2) is 22.5 Å². The van der Waals surface area contributed by atoms with E-state index < -0.39 is 5.82 Å². The largest absolute Gasteiger partial charge is 0.358 e. The summed E-state index contributed by atoms with van der Waals surface area (Å²) >= 11 is 0. The van der Waals surface area contributed by atoms with E-state index in [-0.39, 0.29) is 11.8 Å². The Kier molecular flexibility index (Phi) is 3.45. The molecule has 0 saturated carbocycles. The minimum Gasteiger partial charge on any atom is -0.358 e. The lowest BCUT2D eigenvalue weighted by atomic mass is 10.0. The smallest absolute Gasteiger partial charge is 0.322 e. The van der Waals surface area contributed by atoms with Gasteiger partial charge in [0.05, 0.1) is 0 Å². The summed E-state index contributed by atoms with van der Waals surface area (Å²) in [6, 6.07) is 10.1. The van der Waals surface area contributed by atoms with E-state index in [2.05, 4.69) is 10.3 Å². The topological polar surface area (TPSA) is 48.1 Å². The first kappa shape index (κ1) is 14.7. The van der Waals surface area contributed by atoms with Crippen molar-refractivity contribution in [2.45, 2.75) is 13.0 Å². The Morgan fingerprint density at radius 3 is 2.79 bits per heavy atom. The van der Waals surface area contributed by atoms with E-state index in [1.54, 1.807) is 23.1 Å². The molecule has 4 nitrogen and oxygen atoms in total. The minimum atomic E-state index is -0.402. The van der Waals surface area contributed by atoms with E-state index in [0.29, 0.717) is 25.2 Å². The van der Waals surface area contributed by atoms with Crippen LogP contribution in [0.2, 0.25) is 0 Å². The van der Waals surface area contributed by atoms with Gasteiger partial charge in [-0.15, -0.1) is 0 Å². The second-order valence-corrected chi connectivity index (χ2v) is 5.88. The molecule has 1 aliphatic heterocycles. The Morgan fingerprint density at radius 1 is 1.12 bits per heavy atom. The molecule has 1 aliphatic rings. The lowest BCUT2D eigenvalue weighted by molar-refractivity contribution is 0.206. The third kappa shape index (κ3) is 2.60. The van der Waals surface area contributed by atoms with Gasteiger partial charge in [-0.2, -0.15) is 0 Å². The minimum absolute atomic E-state index is 0.294. The first-order valence-electron chi connectivity index (χ1n) is 7.70. The maximum absolute atomic E-state index is 13.5. The van der Waals surface area contributed by atoms with Crippen molar-refractivity contribution >= 4 is 22.6 Å². The fourth-order valence-electron chi connectivity index (χ4n) is 3.13. The average molecular weight is 327 g/mol. The molecule has 4 rings (SSSR count). The molecule has 1 aromatic heterocycles. The van der Waals surface area contributed by atoms with Gasteiger partial charge in [0, 0.05) is 47.4 Å². The van der Waals surface area contributed by atoms with Gasteiger partial charge in [-0.3, -0.25) is 0 Å². The number of anilines is 1. The Balaban J connectivity index is 1.58. The van der Waals surface area contributed by atoms with Crippen molar-refractivity contribution < 1.29 is 13.6 Å². The fraction of sp³-hybridized carbons (Fsp3) is 0.167. The number of carbonyl (C=O) groups excluding carboxylic acids is 1. The lowest BCUT2D eigenvalue weighted by Gasteiger charge is -2.27. The molecule has 2 amide bonds. The third-order valence-electron chi connectivity index (χ3n) is 4.30. The van der Waals surface area contributed by atoms with Gasteiger partial charge in [0.2, 0.25) is 0 Å². The second-order valence-electron chi connectivity index (χ2n) is 5.88. The highest BCUT2D eigenvalue weighted by Crippen LogP contribution is 2.28. The number of benzene rings is 2. The van der Waals surface area contributed by atoms with Gasteiger partial charge in [0.1, 0.15) is 11.6 Å². The normalized spacial score (nSPS) is 13.8. The van der Waals surface area contributed by atoms with Gasteiger partial charge < -0.3 is 15.2 Å². The number of H-pyrrole nitrogens is 1. The van der Waals surface area contributed by atoms with Crippen LogP contribution in [0.3, 0.4) is 0 Å². The van der Waals surface area contributed by atoms with Gasteiger partial charge >= 0.3 is 6.03 Å². The zero-order valence-corrected chi connectivity index (χ0v) is 12.8. The van der Waals surface area contributed by atoms with Crippen LogP contribution in [0.4, 0.5) is 19.3 Å². The summed E-state index contributed by atoms with van der Waals surface area (Å²) in [5, 5.41) is 3.50. The molecule has 0 saturated heterocycles. The Labute approximate surface area is 137 Å². The number of nitrogens with one attached hydrogen (secondary N) is 2. The van der Waals surface area contributed by atoms with Gasteiger partial charge in [-0.05, 0) is 36.4 Å². The van der Waals surface area contributed by atoms with Crippen molar-refractivity contribution in [2.24, 2.45) is 0 Å². The fourth-order valence-corrected chi connectivity index (χ4v) is 3.13. The van der Waals surface area contributed by atoms with E-state index in [1.807, 2.05) is 0 Å². The van der Waals surface area contributed by atoms with E-state index >= 15 is 0 Å². The molecule has 2 heterocycles. The summed E-state index contributed by atoms with van der Waals surface area (Å²) in [6.45, 7) is 0.934. The van der Waals surface area contributed by atoms with Crippen molar-refractivity contribution in [1.29, 1.82) is 0 Å². The quantitative estimate of drug-likeness (QED) is 0.696. The molecule has 0 atom stereocenters. The van der Waals surface area contributed by atoms with Crippen LogP contribution in [0, 0.1) is 11.6 Å². The SMILES string of the molecule is O=C(Nc1cccc(F)c1)N1CCc2[nH]c3ccc(F)cc3c2C1. The third-order valence-corrected chi connectivity index (χ3v) is 4.30. The zero-order chi connectivity index (χ0) is 16.7. The molecule has 2 aromatic carbocycles. The maximum Gasteiger partial charge on any atom is 0.322 e. The second kappa shape index (κ2) is 5.63. The maximum atomic E-state index is 13.5. The van der Waals surface area contributed by atoms with E-state index in [0.717, 1.165) is 22.2 Å². The van der Waals surface area contributed by atoms with Crippen LogP contribution in [0.5, 0.6) is 0 Å². The number of nitrogens with zero attached hydrogens (tertiary/aromatic N) is 1. The molecule has 122 valence electrons. The number of amides is 2. The first-order chi connectivity index (χ1) is 11.6. The number of aromatic amines is 1. The number of aromatic nitrogens is 1.